The van der Waals surface area contributed by atoms with Crippen LogP contribution >= 0.6 is 0 Å². The maximum atomic E-state index is 11.8. The third-order valence-corrected chi connectivity index (χ3v) is 3.57. The lowest BCUT2D eigenvalue weighted by Crippen LogP contribution is -2.39. The number of nitrogens with zero attached hydrogens (tertiary/aromatic N) is 1. The monoisotopic (exact) mass is 303 g/mol. The normalized spacial score (nSPS) is 13.7. The minimum Gasteiger partial charge on any atom is -0.352 e. The molecule has 0 spiro atoms. The lowest BCUT2D eigenvalue weighted by atomic mass is 10.2. The Morgan fingerprint density at radius 1 is 1.00 bits per heavy atom. The van der Waals surface area contributed by atoms with Crippen LogP contribution in [0.2, 0.25) is 0 Å². The van der Waals surface area contributed by atoms with Gasteiger partial charge in [0.15, 0.2) is 0 Å². The molecule has 1 aromatic rings. The van der Waals surface area contributed by atoms with Gasteiger partial charge in [0.1, 0.15) is 0 Å². The van der Waals surface area contributed by atoms with E-state index in [0.717, 1.165) is 25.9 Å². The van der Waals surface area contributed by atoms with Crippen LogP contribution in [0.4, 0.5) is 0 Å². The van der Waals surface area contributed by atoms with Crippen LogP contribution in [-0.4, -0.2) is 48.8 Å². The fourth-order valence-electron chi connectivity index (χ4n) is 2.32. The molecule has 0 aromatic heterocycles. The molecule has 0 atom stereocenters. The standard InChI is InChI=1S/C16H21N3O3/c20-14(18-12-15(21)19-10-4-5-11-19)8-9-17-16(22)13-6-2-1-3-7-13/h1-3,6-7H,4-5,8-12H2,(H,17,22)(H,18,20). The van der Waals surface area contributed by atoms with Crippen LogP contribution in [0.5, 0.6) is 0 Å². The summed E-state index contributed by atoms with van der Waals surface area (Å²) in [5.74, 6) is -0.485. The molecule has 0 bridgehead atoms. The smallest absolute Gasteiger partial charge is 0.251 e. The molecule has 1 heterocycles. The molecule has 0 unspecified atom stereocenters. The highest BCUT2D eigenvalue weighted by Crippen LogP contribution is 2.06. The molecule has 1 saturated heterocycles. The first-order valence-electron chi connectivity index (χ1n) is 7.54. The highest BCUT2D eigenvalue weighted by Gasteiger charge is 2.18. The van der Waals surface area contributed by atoms with E-state index in [1.54, 1.807) is 29.2 Å². The average molecular weight is 303 g/mol. The number of carbonyl (C=O) groups excluding carboxylic acids is 3. The second-order valence-electron chi connectivity index (χ2n) is 5.24. The third-order valence-electron chi connectivity index (χ3n) is 3.57. The summed E-state index contributed by atoms with van der Waals surface area (Å²) in [5.41, 5.74) is 0.562. The van der Waals surface area contributed by atoms with Gasteiger partial charge in [-0.3, -0.25) is 14.4 Å². The fourth-order valence-corrected chi connectivity index (χ4v) is 2.32. The van der Waals surface area contributed by atoms with Crippen LogP contribution in [0.3, 0.4) is 0 Å². The van der Waals surface area contributed by atoms with Crippen molar-refractivity contribution in [3.05, 3.63) is 35.9 Å². The summed E-state index contributed by atoms with van der Waals surface area (Å²) >= 11 is 0. The summed E-state index contributed by atoms with van der Waals surface area (Å²) in [7, 11) is 0. The van der Waals surface area contributed by atoms with E-state index in [2.05, 4.69) is 10.6 Å². The number of nitrogens with one attached hydrogen (secondary N) is 2. The maximum absolute atomic E-state index is 11.8. The van der Waals surface area contributed by atoms with Crippen molar-refractivity contribution in [2.24, 2.45) is 0 Å². The van der Waals surface area contributed by atoms with Gasteiger partial charge < -0.3 is 15.5 Å². The molecule has 0 radical (unpaired) electrons. The molecule has 0 saturated carbocycles. The minimum atomic E-state index is -0.235. The summed E-state index contributed by atoms with van der Waals surface area (Å²) in [4.78, 5) is 36.9. The van der Waals surface area contributed by atoms with Crippen LogP contribution < -0.4 is 10.6 Å². The van der Waals surface area contributed by atoms with Crippen molar-refractivity contribution >= 4 is 17.7 Å². The predicted molar refractivity (Wildman–Crippen MR) is 82.2 cm³/mol. The van der Waals surface area contributed by atoms with Gasteiger partial charge >= 0.3 is 0 Å². The van der Waals surface area contributed by atoms with Gasteiger partial charge in [-0.15, -0.1) is 0 Å². The summed E-state index contributed by atoms with van der Waals surface area (Å²) in [5, 5.41) is 5.27. The Kier molecular flexibility index (Phi) is 5.94. The van der Waals surface area contributed by atoms with E-state index in [1.165, 1.54) is 0 Å². The molecule has 22 heavy (non-hydrogen) atoms. The Hall–Kier alpha value is -2.37. The Morgan fingerprint density at radius 3 is 2.36 bits per heavy atom. The Balaban J connectivity index is 1.61. The largest absolute Gasteiger partial charge is 0.352 e. The fraction of sp³-hybridized carbons (Fsp3) is 0.438. The van der Waals surface area contributed by atoms with E-state index in [4.69, 9.17) is 0 Å². The second-order valence-corrected chi connectivity index (χ2v) is 5.24. The lowest BCUT2D eigenvalue weighted by molar-refractivity contribution is -0.132. The van der Waals surface area contributed by atoms with Crippen molar-refractivity contribution in [3.63, 3.8) is 0 Å². The maximum Gasteiger partial charge on any atom is 0.251 e. The zero-order valence-corrected chi connectivity index (χ0v) is 12.5. The first-order chi connectivity index (χ1) is 10.7. The van der Waals surface area contributed by atoms with Crippen LogP contribution in [-0.2, 0) is 9.59 Å². The average Bonchev–Trinajstić information content (AvgIpc) is 3.08. The van der Waals surface area contributed by atoms with E-state index < -0.39 is 0 Å². The molecule has 2 N–H and O–H groups in total. The second kappa shape index (κ2) is 8.17. The van der Waals surface area contributed by atoms with Crippen LogP contribution in [0.25, 0.3) is 0 Å². The number of benzene rings is 1. The van der Waals surface area contributed by atoms with E-state index in [1.807, 2.05) is 6.07 Å². The Morgan fingerprint density at radius 2 is 1.68 bits per heavy atom. The number of likely N-dealkylation sites (tertiary alicyclic amines) is 1. The van der Waals surface area contributed by atoms with Gasteiger partial charge in [0.2, 0.25) is 11.8 Å². The predicted octanol–water partition coefficient (Wildman–Crippen LogP) is 0.545. The highest BCUT2D eigenvalue weighted by atomic mass is 16.2. The summed E-state index contributed by atoms with van der Waals surface area (Å²) in [6.07, 6.45) is 2.22. The van der Waals surface area contributed by atoms with Crippen molar-refractivity contribution in [2.75, 3.05) is 26.2 Å². The van der Waals surface area contributed by atoms with Gasteiger partial charge in [-0.05, 0) is 25.0 Å². The SMILES string of the molecule is O=C(CCNC(=O)c1ccccc1)NCC(=O)N1CCCC1. The van der Waals surface area contributed by atoms with Crippen molar-refractivity contribution in [1.29, 1.82) is 0 Å². The zero-order valence-electron chi connectivity index (χ0n) is 12.5. The molecule has 6 nitrogen and oxygen atoms in total. The van der Waals surface area contributed by atoms with Gasteiger partial charge in [0.05, 0.1) is 6.54 Å². The number of hydrogen-bond donors (Lipinski definition) is 2. The minimum absolute atomic E-state index is 0.0332. The van der Waals surface area contributed by atoms with Gasteiger partial charge in [-0.1, -0.05) is 18.2 Å². The van der Waals surface area contributed by atoms with Crippen LogP contribution in [0.15, 0.2) is 30.3 Å². The van der Waals surface area contributed by atoms with Crippen molar-refractivity contribution in [3.8, 4) is 0 Å². The molecule has 3 amide bonds. The quantitative estimate of drug-likeness (QED) is 0.805. The summed E-state index contributed by atoms with van der Waals surface area (Å²) < 4.78 is 0. The molecule has 1 fully saturated rings. The number of rotatable bonds is 6. The third kappa shape index (κ3) is 4.87. The Bertz CT molecular complexity index is 525. The zero-order chi connectivity index (χ0) is 15.8. The van der Waals surface area contributed by atoms with Gasteiger partial charge in [0.25, 0.3) is 5.91 Å². The van der Waals surface area contributed by atoms with Crippen molar-refractivity contribution in [1.82, 2.24) is 15.5 Å². The van der Waals surface area contributed by atoms with E-state index in [9.17, 15) is 14.4 Å². The van der Waals surface area contributed by atoms with Crippen LogP contribution in [0, 0.1) is 0 Å². The number of carbonyl (C=O) groups is 3. The summed E-state index contributed by atoms with van der Waals surface area (Å²) in [6.45, 7) is 1.84. The molecule has 1 aliphatic heterocycles. The lowest BCUT2D eigenvalue weighted by Gasteiger charge is -2.15. The molecule has 6 heteroatoms. The van der Waals surface area contributed by atoms with Gasteiger partial charge in [-0.25, -0.2) is 0 Å². The van der Waals surface area contributed by atoms with Gasteiger partial charge in [-0.2, -0.15) is 0 Å². The van der Waals surface area contributed by atoms with E-state index in [0.29, 0.717) is 5.56 Å². The van der Waals surface area contributed by atoms with Gasteiger partial charge in [0, 0.05) is 31.6 Å². The van der Waals surface area contributed by atoms with Crippen molar-refractivity contribution in [2.45, 2.75) is 19.3 Å². The summed E-state index contributed by atoms with van der Waals surface area (Å²) in [6, 6.07) is 8.83. The van der Waals surface area contributed by atoms with E-state index >= 15 is 0 Å². The first-order valence-corrected chi connectivity index (χ1v) is 7.54. The Labute approximate surface area is 129 Å². The molecule has 1 aromatic carbocycles. The highest BCUT2D eigenvalue weighted by molar-refractivity contribution is 5.94. The molecule has 2 rings (SSSR count). The number of amides is 3. The molecule has 118 valence electrons. The van der Waals surface area contributed by atoms with E-state index in [-0.39, 0.29) is 37.2 Å². The number of hydrogen-bond acceptors (Lipinski definition) is 3. The molecule has 1 aliphatic rings. The van der Waals surface area contributed by atoms with Crippen LogP contribution in [0.1, 0.15) is 29.6 Å². The molecular formula is C16H21N3O3. The molecular weight excluding hydrogens is 282 g/mol. The first kappa shape index (κ1) is 16.0. The van der Waals surface area contributed by atoms with Crippen molar-refractivity contribution < 1.29 is 14.4 Å². The molecule has 0 aliphatic carbocycles. The topological polar surface area (TPSA) is 78.5 Å².